The molecule has 0 amide bonds. The minimum atomic E-state index is -0.00491. The molecule has 78 valence electrons. The largest absolute Gasteiger partial charge is 0.490 e. The highest BCUT2D eigenvalue weighted by Crippen LogP contribution is 2.16. The van der Waals surface area contributed by atoms with E-state index in [1.807, 2.05) is 37.3 Å². The Hall–Kier alpha value is -1.57. The first-order chi connectivity index (χ1) is 7.27. The summed E-state index contributed by atoms with van der Waals surface area (Å²) in [4.78, 5) is 11.9. The topological polar surface area (TPSA) is 26.3 Å². The fraction of sp³-hybridized carbons (Fsp3) is 0.308. The van der Waals surface area contributed by atoms with Crippen LogP contribution in [0.2, 0.25) is 0 Å². The summed E-state index contributed by atoms with van der Waals surface area (Å²) in [6.45, 7) is 2.66. The van der Waals surface area contributed by atoms with Crippen LogP contribution in [0.3, 0.4) is 0 Å². The molecular weight excluding hydrogens is 188 g/mol. The van der Waals surface area contributed by atoms with Crippen molar-refractivity contribution in [3.05, 3.63) is 47.2 Å². The van der Waals surface area contributed by atoms with Gasteiger partial charge in [-0.05, 0) is 25.8 Å². The zero-order valence-electron chi connectivity index (χ0n) is 8.82. The van der Waals surface area contributed by atoms with Crippen molar-refractivity contribution in [1.29, 1.82) is 0 Å². The first kappa shape index (κ1) is 9.97. The maximum atomic E-state index is 11.9. The lowest BCUT2D eigenvalue weighted by atomic mass is 10.1. The quantitative estimate of drug-likeness (QED) is 0.689. The molecule has 0 atom stereocenters. The van der Waals surface area contributed by atoms with Crippen LogP contribution in [0.25, 0.3) is 0 Å². The van der Waals surface area contributed by atoms with Gasteiger partial charge in [0.2, 0.25) is 5.78 Å². The number of ether oxygens (including phenoxy) is 1. The normalized spacial score (nSPS) is 15.4. The average molecular weight is 202 g/mol. The summed E-state index contributed by atoms with van der Waals surface area (Å²) in [5.74, 6) is 0.500. The fourth-order valence-corrected chi connectivity index (χ4v) is 1.56. The first-order valence-electron chi connectivity index (χ1n) is 5.22. The fourth-order valence-electron chi connectivity index (χ4n) is 1.56. The van der Waals surface area contributed by atoms with E-state index in [1.165, 1.54) is 0 Å². The molecule has 1 heterocycles. The van der Waals surface area contributed by atoms with Gasteiger partial charge >= 0.3 is 0 Å². The number of allylic oxidation sites excluding steroid dienone is 2. The highest BCUT2D eigenvalue weighted by atomic mass is 16.5. The third-order valence-corrected chi connectivity index (χ3v) is 2.47. The van der Waals surface area contributed by atoms with Crippen molar-refractivity contribution < 1.29 is 9.53 Å². The lowest BCUT2D eigenvalue weighted by Crippen LogP contribution is -2.11. The Labute approximate surface area is 89.6 Å². The van der Waals surface area contributed by atoms with E-state index in [0.29, 0.717) is 17.9 Å². The van der Waals surface area contributed by atoms with Crippen LogP contribution in [0.5, 0.6) is 0 Å². The van der Waals surface area contributed by atoms with Crippen molar-refractivity contribution >= 4 is 5.78 Å². The van der Waals surface area contributed by atoms with E-state index < -0.39 is 0 Å². The highest BCUT2D eigenvalue weighted by Gasteiger charge is 2.15. The molecule has 0 aromatic heterocycles. The Morgan fingerprint density at radius 1 is 1.27 bits per heavy atom. The van der Waals surface area contributed by atoms with Gasteiger partial charge in [0, 0.05) is 5.56 Å². The smallest absolute Gasteiger partial charge is 0.227 e. The number of rotatable bonds is 2. The van der Waals surface area contributed by atoms with Gasteiger partial charge in [-0.25, -0.2) is 0 Å². The van der Waals surface area contributed by atoms with E-state index in [0.717, 1.165) is 18.4 Å². The number of Topliss-reactive ketones (excluding diaryl/α,β-unsaturated/α-hetero) is 1. The van der Waals surface area contributed by atoms with Crippen LogP contribution < -0.4 is 0 Å². The minimum absolute atomic E-state index is 0.00491. The van der Waals surface area contributed by atoms with E-state index in [1.54, 1.807) is 0 Å². The lowest BCUT2D eigenvalue weighted by Gasteiger charge is -2.13. The molecule has 0 spiro atoms. The van der Waals surface area contributed by atoms with Crippen LogP contribution in [0.1, 0.15) is 28.8 Å². The molecular formula is C13H14O2. The van der Waals surface area contributed by atoms with Crippen molar-refractivity contribution in [1.82, 2.24) is 0 Å². The summed E-state index contributed by atoms with van der Waals surface area (Å²) >= 11 is 0. The number of ketones is 1. The van der Waals surface area contributed by atoms with Crippen LogP contribution in [-0.2, 0) is 4.74 Å². The number of hydrogen-bond acceptors (Lipinski definition) is 2. The summed E-state index contributed by atoms with van der Waals surface area (Å²) in [6.07, 6.45) is 3.82. The molecule has 1 aromatic rings. The number of carbonyl (C=O) groups is 1. The first-order valence-corrected chi connectivity index (χ1v) is 5.22. The van der Waals surface area contributed by atoms with E-state index in [-0.39, 0.29) is 5.78 Å². The number of benzene rings is 1. The van der Waals surface area contributed by atoms with E-state index in [9.17, 15) is 4.79 Å². The van der Waals surface area contributed by atoms with Gasteiger partial charge < -0.3 is 4.74 Å². The number of hydrogen-bond donors (Lipinski definition) is 0. The molecule has 1 aliphatic heterocycles. The van der Waals surface area contributed by atoms with Gasteiger partial charge in [-0.3, -0.25) is 4.79 Å². The van der Waals surface area contributed by atoms with Crippen molar-refractivity contribution in [3.8, 4) is 0 Å². The molecule has 0 saturated heterocycles. The Bertz CT molecular complexity index is 388. The molecule has 2 rings (SSSR count). The summed E-state index contributed by atoms with van der Waals surface area (Å²) in [5, 5.41) is 0. The molecule has 2 heteroatoms. The third-order valence-electron chi connectivity index (χ3n) is 2.47. The molecule has 0 bridgehead atoms. The molecule has 1 aliphatic rings. The van der Waals surface area contributed by atoms with Crippen molar-refractivity contribution in [2.45, 2.75) is 19.8 Å². The maximum absolute atomic E-state index is 11.9. The van der Waals surface area contributed by atoms with Gasteiger partial charge in [-0.1, -0.05) is 29.8 Å². The zero-order valence-corrected chi connectivity index (χ0v) is 8.82. The predicted octanol–water partition coefficient (Wildman–Crippen LogP) is 2.87. The number of carbonyl (C=O) groups excluding carboxylic acids is 1. The molecule has 0 radical (unpaired) electrons. The Balaban J connectivity index is 2.20. The van der Waals surface area contributed by atoms with Gasteiger partial charge in [0.1, 0.15) is 0 Å². The van der Waals surface area contributed by atoms with Crippen LogP contribution in [0.4, 0.5) is 0 Å². The Morgan fingerprint density at radius 3 is 2.60 bits per heavy atom. The van der Waals surface area contributed by atoms with Gasteiger partial charge in [0.25, 0.3) is 0 Å². The number of aryl methyl sites for hydroxylation is 1. The van der Waals surface area contributed by atoms with E-state index >= 15 is 0 Å². The minimum Gasteiger partial charge on any atom is -0.490 e. The van der Waals surface area contributed by atoms with Crippen molar-refractivity contribution in [2.24, 2.45) is 0 Å². The molecule has 0 saturated carbocycles. The maximum Gasteiger partial charge on any atom is 0.227 e. The second-order valence-corrected chi connectivity index (χ2v) is 3.75. The SMILES string of the molecule is Cc1ccc(C(=O)C2=CCCCO2)cc1. The van der Waals surface area contributed by atoms with Crippen molar-refractivity contribution in [2.75, 3.05) is 6.61 Å². The van der Waals surface area contributed by atoms with Gasteiger partial charge in [-0.2, -0.15) is 0 Å². The molecule has 0 unspecified atom stereocenters. The van der Waals surface area contributed by atoms with Crippen LogP contribution in [0.15, 0.2) is 36.1 Å². The Kier molecular flexibility index (Phi) is 2.86. The summed E-state index contributed by atoms with van der Waals surface area (Å²) in [6, 6.07) is 7.57. The monoisotopic (exact) mass is 202 g/mol. The summed E-state index contributed by atoms with van der Waals surface area (Å²) in [5.41, 5.74) is 1.86. The molecule has 2 nitrogen and oxygen atoms in total. The molecule has 0 N–H and O–H groups in total. The van der Waals surface area contributed by atoms with Gasteiger partial charge in [0.15, 0.2) is 5.76 Å². The standard InChI is InChI=1S/C13H14O2/c1-10-5-7-11(8-6-10)13(14)12-4-2-3-9-15-12/h4-8H,2-3,9H2,1H3. The third kappa shape index (κ3) is 2.27. The molecule has 15 heavy (non-hydrogen) atoms. The molecule has 1 aromatic carbocycles. The summed E-state index contributed by atoms with van der Waals surface area (Å²) < 4.78 is 5.34. The average Bonchev–Trinajstić information content (AvgIpc) is 2.30. The van der Waals surface area contributed by atoms with Gasteiger partial charge in [0.05, 0.1) is 6.61 Å². The second-order valence-electron chi connectivity index (χ2n) is 3.75. The van der Waals surface area contributed by atoms with Crippen molar-refractivity contribution in [3.63, 3.8) is 0 Å². The van der Waals surface area contributed by atoms with E-state index in [2.05, 4.69) is 0 Å². The highest BCUT2D eigenvalue weighted by molar-refractivity contribution is 6.07. The van der Waals surface area contributed by atoms with Crippen LogP contribution in [0, 0.1) is 6.92 Å². The Morgan fingerprint density at radius 2 is 2.00 bits per heavy atom. The van der Waals surface area contributed by atoms with Crippen LogP contribution in [-0.4, -0.2) is 12.4 Å². The van der Waals surface area contributed by atoms with Crippen LogP contribution >= 0.6 is 0 Å². The lowest BCUT2D eigenvalue weighted by molar-refractivity contribution is 0.0899. The van der Waals surface area contributed by atoms with Gasteiger partial charge in [-0.15, -0.1) is 0 Å². The predicted molar refractivity (Wildman–Crippen MR) is 58.8 cm³/mol. The second kappa shape index (κ2) is 4.30. The molecule has 0 aliphatic carbocycles. The summed E-state index contributed by atoms with van der Waals surface area (Å²) in [7, 11) is 0. The zero-order chi connectivity index (χ0) is 10.7. The van der Waals surface area contributed by atoms with E-state index in [4.69, 9.17) is 4.74 Å². The molecule has 0 fully saturated rings.